The van der Waals surface area contributed by atoms with Crippen molar-refractivity contribution in [2.75, 3.05) is 0 Å². The molecule has 6 unspecified atom stereocenters. The van der Waals surface area contributed by atoms with Gasteiger partial charge < -0.3 is 0 Å². The lowest BCUT2D eigenvalue weighted by molar-refractivity contribution is 0.495. The van der Waals surface area contributed by atoms with Crippen molar-refractivity contribution in [1.29, 1.82) is 0 Å². The second kappa shape index (κ2) is 6.84. The van der Waals surface area contributed by atoms with Crippen molar-refractivity contribution in [3.8, 4) is 0 Å². The molecule has 1 radical (unpaired) electrons. The fourth-order valence-corrected chi connectivity index (χ4v) is 4.65. The zero-order chi connectivity index (χ0) is 13.9. The minimum Gasteiger partial charge on any atom is -0.0651 e. The summed E-state index contributed by atoms with van der Waals surface area (Å²) in [6.07, 6.45) is 17.8. The van der Waals surface area contributed by atoms with Crippen LogP contribution >= 0.6 is 0 Å². The smallest absolute Gasteiger partial charge is 0.0380 e. The summed E-state index contributed by atoms with van der Waals surface area (Å²) < 4.78 is 0. The van der Waals surface area contributed by atoms with Crippen LogP contribution in [0.4, 0.5) is 0 Å². The molecular weight excluding hydrogens is 240 g/mol. The SMILES string of the molecule is [CH2]CCCCCCC1CC1CC1CC1CC1CC1CC. The molecule has 20 heavy (non-hydrogen) atoms. The summed E-state index contributed by atoms with van der Waals surface area (Å²) in [6.45, 7) is 6.30. The first-order valence-electron chi connectivity index (χ1n) is 9.61. The molecule has 0 heteroatoms. The van der Waals surface area contributed by atoms with Crippen LogP contribution in [-0.4, -0.2) is 0 Å². The van der Waals surface area contributed by atoms with Gasteiger partial charge >= 0.3 is 0 Å². The normalized spacial score (nSPS) is 41.7. The number of rotatable bonds is 11. The second-order valence-corrected chi connectivity index (χ2v) is 8.20. The summed E-state index contributed by atoms with van der Waals surface area (Å²) in [6, 6.07) is 0. The Hall–Kier alpha value is 0. The van der Waals surface area contributed by atoms with Gasteiger partial charge in [0.1, 0.15) is 0 Å². The fourth-order valence-electron chi connectivity index (χ4n) is 4.65. The van der Waals surface area contributed by atoms with Crippen molar-refractivity contribution >= 4 is 0 Å². The van der Waals surface area contributed by atoms with Crippen molar-refractivity contribution in [3.05, 3.63) is 6.92 Å². The molecule has 3 fully saturated rings. The number of hydrogen-bond acceptors (Lipinski definition) is 0. The molecule has 0 nitrogen and oxygen atoms in total. The number of hydrogen-bond donors (Lipinski definition) is 0. The lowest BCUT2D eigenvalue weighted by atomic mass is 10.0. The monoisotopic (exact) mass is 275 g/mol. The highest BCUT2D eigenvalue weighted by Crippen LogP contribution is 2.58. The molecule has 0 heterocycles. The van der Waals surface area contributed by atoms with Gasteiger partial charge in [-0.2, -0.15) is 0 Å². The van der Waals surface area contributed by atoms with Crippen molar-refractivity contribution in [2.45, 2.75) is 84.0 Å². The van der Waals surface area contributed by atoms with Gasteiger partial charge in [-0.15, -0.1) is 0 Å². The third kappa shape index (κ3) is 4.25. The van der Waals surface area contributed by atoms with E-state index in [4.69, 9.17) is 0 Å². The summed E-state index contributed by atoms with van der Waals surface area (Å²) in [5.41, 5.74) is 0. The third-order valence-electron chi connectivity index (χ3n) is 6.52. The van der Waals surface area contributed by atoms with E-state index in [0.717, 1.165) is 41.9 Å². The van der Waals surface area contributed by atoms with Crippen LogP contribution in [0, 0.1) is 42.4 Å². The molecule has 0 aromatic carbocycles. The average molecular weight is 276 g/mol. The standard InChI is InChI=1S/C20H35/c1-3-5-6-7-8-9-16-11-18(16)13-20-14-19(20)12-17-10-15(17)4-2/h15-20H,1,3-14H2,2H3. The quantitative estimate of drug-likeness (QED) is 0.390. The largest absolute Gasteiger partial charge is 0.0651 e. The number of unbranched alkanes of at least 4 members (excludes halogenated alkanes) is 4. The van der Waals surface area contributed by atoms with Crippen LogP contribution in [0.15, 0.2) is 0 Å². The summed E-state index contributed by atoms with van der Waals surface area (Å²) >= 11 is 0. The Bertz CT molecular complexity index is 294. The van der Waals surface area contributed by atoms with E-state index < -0.39 is 0 Å². The van der Waals surface area contributed by atoms with Gasteiger partial charge in [0.25, 0.3) is 0 Å². The van der Waals surface area contributed by atoms with E-state index in [2.05, 4.69) is 13.8 Å². The predicted octanol–water partition coefficient (Wildman–Crippen LogP) is 6.26. The Kier molecular flexibility index (Phi) is 5.10. The summed E-state index contributed by atoms with van der Waals surface area (Å²) in [7, 11) is 0. The summed E-state index contributed by atoms with van der Waals surface area (Å²) in [4.78, 5) is 0. The Morgan fingerprint density at radius 1 is 0.700 bits per heavy atom. The van der Waals surface area contributed by atoms with Gasteiger partial charge in [-0.05, 0) is 67.6 Å². The minimum absolute atomic E-state index is 1.13. The first-order chi connectivity index (χ1) is 9.81. The van der Waals surface area contributed by atoms with Crippen LogP contribution < -0.4 is 0 Å². The molecule has 0 amide bonds. The van der Waals surface area contributed by atoms with Gasteiger partial charge in [-0.1, -0.05) is 58.8 Å². The van der Waals surface area contributed by atoms with Crippen molar-refractivity contribution in [3.63, 3.8) is 0 Å². The molecule has 0 spiro atoms. The van der Waals surface area contributed by atoms with E-state index in [1.807, 2.05) is 0 Å². The molecule has 0 aromatic heterocycles. The van der Waals surface area contributed by atoms with Crippen LogP contribution in [0.1, 0.15) is 84.0 Å². The zero-order valence-corrected chi connectivity index (χ0v) is 13.7. The molecular formula is C20H35. The first kappa shape index (κ1) is 14.9. The van der Waals surface area contributed by atoms with Gasteiger partial charge in [0.05, 0.1) is 0 Å². The molecule has 3 saturated carbocycles. The van der Waals surface area contributed by atoms with Gasteiger partial charge in [0, 0.05) is 0 Å². The molecule has 0 bridgehead atoms. The van der Waals surface area contributed by atoms with Crippen LogP contribution in [-0.2, 0) is 0 Å². The van der Waals surface area contributed by atoms with E-state index in [-0.39, 0.29) is 0 Å². The average Bonchev–Trinajstić information content (AvgIpc) is 3.32. The molecule has 0 aliphatic heterocycles. The van der Waals surface area contributed by atoms with Gasteiger partial charge in [0.2, 0.25) is 0 Å². The topological polar surface area (TPSA) is 0 Å². The summed E-state index contributed by atoms with van der Waals surface area (Å²) in [5, 5.41) is 0. The molecule has 6 atom stereocenters. The van der Waals surface area contributed by atoms with Crippen LogP contribution in [0.3, 0.4) is 0 Å². The molecule has 3 aliphatic carbocycles. The van der Waals surface area contributed by atoms with Crippen molar-refractivity contribution < 1.29 is 0 Å². The minimum atomic E-state index is 1.13. The highest BCUT2D eigenvalue weighted by Gasteiger charge is 2.48. The van der Waals surface area contributed by atoms with E-state index in [0.29, 0.717) is 0 Å². The van der Waals surface area contributed by atoms with Crippen molar-refractivity contribution in [2.24, 2.45) is 35.5 Å². The van der Waals surface area contributed by atoms with Crippen molar-refractivity contribution in [1.82, 2.24) is 0 Å². The summed E-state index contributed by atoms with van der Waals surface area (Å²) in [5.74, 6) is 6.89. The molecule has 0 saturated heterocycles. The van der Waals surface area contributed by atoms with E-state index in [1.54, 1.807) is 38.5 Å². The van der Waals surface area contributed by atoms with E-state index >= 15 is 0 Å². The Morgan fingerprint density at radius 3 is 1.90 bits per heavy atom. The van der Waals surface area contributed by atoms with Crippen LogP contribution in [0.5, 0.6) is 0 Å². The molecule has 0 aromatic rings. The molecule has 115 valence electrons. The van der Waals surface area contributed by atoms with Crippen LogP contribution in [0.25, 0.3) is 0 Å². The van der Waals surface area contributed by atoms with Gasteiger partial charge in [0.15, 0.2) is 0 Å². The highest BCUT2D eigenvalue weighted by molar-refractivity contribution is 4.98. The first-order valence-corrected chi connectivity index (χ1v) is 9.61. The molecule has 3 aliphatic rings. The van der Waals surface area contributed by atoms with Crippen LogP contribution in [0.2, 0.25) is 0 Å². The maximum Gasteiger partial charge on any atom is -0.0380 e. The fraction of sp³-hybridized carbons (Fsp3) is 0.950. The lowest BCUT2D eigenvalue weighted by Crippen LogP contribution is -1.91. The lowest BCUT2D eigenvalue weighted by Gasteiger charge is -2.02. The van der Waals surface area contributed by atoms with E-state index in [1.165, 1.54) is 32.1 Å². The molecule has 0 N–H and O–H groups in total. The Labute approximate surface area is 127 Å². The Morgan fingerprint density at radius 2 is 1.25 bits per heavy atom. The van der Waals surface area contributed by atoms with Gasteiger partial charge in [-0.25, -0.2) is 0 Å². The third-order valence-corrected chi connectivity index (χ3v) is 6.52. The van der Waals surface area contributed by atoms with Gasteiger partial charge in [-0.3, -0.25) is 0 Å². The highest BCUT2D eigenvalue weighted by atomic mass is 14.5. The Balaban J connectivity index is 1.18. The maximum atomic E-state index is 3.92. The predicted molar refractivity (Wildman–Crippen MR) is 87.4 cm³/mol. The molecule has 3 rings (SSSR count). The zero-order valence-electron chi connectivity index (χ0n) is 13.7. The maximum absolute atomic E-state index is 3.92. The van der Waals surface area contributed by atoms with E-state index in [9.17, 15) is 0 Å². The second-order valence-electron chi connectivity index (χ2n) is 8.20.